The Morgan fingerprint density at radius 3 is 1.20 bits per heavy atom. The van der Waals surface area contributed by atoms with Crippen molar-refractivity contribution < 1.29 is 89.4 Å². The number of carbonyl (C=O) groups is 1. The van der Waals surface area contributed by atoms with Gasteiger partial charge >= 0.3 is 0 Å². The minimum atomic E-state index is -1.99. The Labute approximate surface area is 557 Å². The maximum Gasteiger partial charge on any atom is 0.220 e. The zero-order valence-electron chi connectivity index (χ0n) is 56.2. The van der Waals surface area contributed by atoms with Crippen LogP contribution in [0, 0.1) is 0 Å². The molecule has 19 nitrogen and oxygen atoms in total. The van der Waals surface area contributed by atoms with Gasteiger partial charge in [-0.05, 0) is 96.3 Å². The lowest BCUT2D eigenvalue weighted by Crippen LogP contribution is -2.66. The summed E-state index contributed by atoms with van der Waals surface area (Å²) in [6.07, 6.45) is 47.4. The van der Waals surface area contributed by atoms with Gasteiger partial charge in [0, 0.05) is 6.42 Å². The second kappa shape index (κ2) is 54.2. The molecule has 3 saturated heterocycles. The molecule has 12 N–H and O–H groups in total. The van der Waals surface area contributed by atoms with Gasteiger partial charge in [0.05, 0.1) is 38.6 Å². The number of aliphatic hydroxyl groups excluding tert-OH is 11. The minimum Gasteiger partial charge on any atom is -0.394 e. The summed E-state index contributed by atoms with van der Waals surface area (Å²) in [6, 6.07) is -1.01. The van der Waals surface area contributed by atoms with E-state index in [9.17, 15) is 61.0 Å². The average Bonchev–Trinajstić information content (AvgIpc) is 0.900. The monoisotopic (exact) mass is 1310 g/mol. The van der Waals surface area contributed by atoms with Crippen molar-refractivity contribution in [3.05, 3.63) is 122 Å². The molecule has 17 atom stereocenters. The predicted molar refractivity (Wildman–Crippen MR) is 364 cm³/mol. The van der Waals surface area contributed by atoms with Gasteiger partial charge in [-0.15, -0.1) is 0 Å². The maximum absolute atomic E-state index is 13.4. The van der Waals surface area contributed by atoms with Crippen molar-refractivity contribution in [1.82, 2.24) is 5.32 Å². The summed E-state index contributed by atoms with van der Waals surface area (Å²) in [7, 11) is 0. The molecule has 0 aromatic rings. The van der Waals surface area contributed by atoms with Crippen molar-refractivity contribution in [3.8, 4) is 0 Å². The first kappa shape index (κ1) is 83.4. The molecule has 3 heterocycles. The van der Waals surface area contributed by atoms with Crippen molar-refractivity contribution in [1.29, 1.82) is 0 Å². The number of ether oxygens (including phenoxy) is 6. The van der Waals surface area contributed by atoms with E-state index in [0.29, 0.717) is 12.8 Å². The first-order valence-electron chi connectivity index (χ1n) is 35.3. The second-order valence-corrected chi connectivity index (χ2v) is 24.6. The molecule has 19 heteroatoms. The number of aliphatic hydroxyl groups is 11. The highest BCUT2D eigenvalue weighted by atomic mass is 16.8. The van der Waals surface area contributed by atoms with Crippen LogP contribution in [0.4, 0.5) is 0 Å². The summed E-state index contributed by atoms with van der Waals surface area (Å²) in [5.74, 6) is -0.306. The number of hydrogen-bond donors (Lipinski definition) is 12. The van der Waals surface area contributed by atoms with E-state index in [0.717, 1.165) is 109 Å². The molecular weight excluding hydrogens is 1190 g/mol. The van der Waals surface area contributed by atoms with Crippen LogP contribution in [0.2, 0.25) is 0 Å². The third-order valence-corrected chi connectivity index (χ3v) is 16.7. The fourth-order valence-electron chi connectivity index (χ4n) is 11.0. The fourth-order valence-corrected chi connectivity index (χ4v) is 11.0. The Kier molecular flexibility index (Phi) is 48.6. The number of allylic oxidation sites excluding steroid dienone is 19. The molecule has 0 spiro atoms. The van der Waals surface area contributed by atoms with Crippen molar-refractivity contribution in [2.45, 2.75) is 311 Å². The Morgan fingerprint density at radius 1 is 0.398 bits per heavy atom. The number of unbranched alkanes of at least 4 members (excludes halogenated alkanes) is 18. The van der Waals surface area contributed by atoms with E-state index in [1.807, 2.05) is 6.08 Å². The van der Waals surface area contributed by atoms with Gasteiger partial charge in [0.1, 0.15) is 73.2 Å². The van der Waals surface area contributed by atoms with E-state index in [1.54, 1.807) is 6.08 Å². The number of rotatable bonds is 52. The molecule has 0 aromatic heterocycles. The highest BCUT2D eigenvalue weighted by molar-refractivity contribution is 5.76. The number of hydrogen-bond acceptors (Lipinski definition) is 18. The molecule has 0 aliphatic carbocycles. The van der Waals surface area contributed by atoms with Crippen LogP contribution in [0.5, 0.6) is 0 Å². The van der Waals surface area contributed by atoms with Crippen LogP contribution in [0.15, 0.2) is 122 Å². The molecule has 0 aromatic carbocycles. The van der Waals surface area contributed by atoms with E-state index in [2.05, 4.69) is 129 Å². The summed E-state index contributed by atoms with van der Waals surface area (Å²) in [6.45, 7) is 1.57. The molecule has 1 amide bonds. The highest BCUT2D eigenvalue weighted by Crippen LogP contribution is 2.33. The molecule has 0 saturated carbocycles. The standard InChI is InChI=1S/C74H123NO18/c1-3-5-7-9-11-13-15-17-19-21-22-23-24-25-26-27-28-29-30-31-32-33-34-36-38-40-42-44-46-48-50-52-62(80)75-57(58(79)51-49-47-45-43-41-39-37-35-20-18-16-14-12-10-8-6-4-2)56-88-72-68(86)65(83)70(60(54-77)90-72)93-74-69(87)66(84)71(61(55-78)91-74)92-73-67(85)64(82)63(81)59(53-76)89-73/h5,7,11,13,17,19,22-23,25-26,28-29,31-32,34,36,41,43,49,51,57-61,63-74,76-79,81-87H,3-4,6,8-10,12,14-16,18,20-21,24,27,30,33,35,37-40,42,44-48,50,52-56H2,1-2H3,(H,75,80)/b7-5-,13-11-,19-17-,23-22-,26-25-,29-28-,32-31-,36-34-,43-41+,51-49+. The smallest absolute Gasteiger partial charge is 0.220 e. The van der Waals surface area contributed by atoms with Crippen molar-refractivity contribution in [2.75, 3.05) is 26.4 Å². The van der Waals surface area contributed by atoms with Crippen LogP contribution >= 0.6 is 0 Å². The second-order valence-electron chi connectivity index (χ2n) is 24.6. The molecule has 0 bridgehead atoms. The number of amides is 1. The summed E-state index contributed by atoms with van der Waals surface area (Å²) in [4.78, 5) is 13.4. The first-order chi connectivity index (χ1) is 45.3. The van der Waals surface area contributed by atoms with Crippen molar-refractivity contribution in [2.24, 2.45) is 0 Å². The van der Waals surface area contributed by atoms with Crippen LogP contribution in [0.1, 0.15) is 206 Å². The van der Waals surface area contributed by atoms with Gasteiger partial charge in [-0.3, -0.25) is 4.79 Å². The van der Waals surface area contributed by atoms with Crippen LogP contribution in [0.25, 0.3) is 0 Å². The fraction of sp³-hybridized carbons (Fsp3) is 0.716. The van der Waals surface area contributed by atoms with Crippen LogP contribution in [-0.4, -0.2) is 193 Å². The Balaban J connectivity index is 1.43. The zero-order valence-corrected chi connectivity index (χ0v) is 56.2. The first-order valence-corrected chi connectivity index (χ1v) is 35.3. The van der Waals surface area contributed by atoms with Crippen LogP contribution in [0.3, 0.4) is 0 Å². The van der Waals surface area contributed by atoms with Gasteiger partial charge in [-0.2, -0.15) is 0 Å². The summed E-state index contributed by atoms with van der Waals surface area (Å²) >= 11 is 0. The lowest BCUT2D eigenvalue weighted by Gasteiger charge is -2.48. The molecule has 17 unspecified atom stereocenters. The van der Waals surface area contributed by atoms with E-state index in [-0.39, 0.29) is 18.9 Å². The van der Waals surface area contributed by atoms with Gasteiger partial charge in [0.2, 0.25) is 5.91 Å². The Bertz CT molecular complexity index is 2160. The normalized spacial score (nSPS) is 28.3. The quantitative estimate of drug-likeness (QED) is 0.0199. The molecule has 3 aliphatic heterocycles. The van der Waals surface area contributed by atoms with Gasteiger partial charge in [-0.1, -0.05) is 225 Å². The van der Waals surface area contributed by atoms with Gasteiger partial charge < -0.3 is 89.9 Å². The molecule has 532 valence electrons. The van der Waals surface area contributed by atoms with Crippen LogP contribution in [-0.2, 0) is 33.2 Å². The lowest BCUT2D eigenvalue weighted by molar-refractivity contribution is -0.379. The van der Waals surface area contributed by atoms with Crippen LogP contribution < -0.4 is 5.32 Å². The van der Waals surface area contributed by atoms with Crippen molar-refractivity contribution in [3.63, 3.8) is 0 Å². The number of carbonyl (C=O) groups excluding carboxylic acids is 1. The molecule has 93 heavy (non-hydrogen) atoms. The highest BCUT2D eigenvalue weighted by Gasteiger charge is 2.53. The SMILES string of the molecule is CC/C=C\C/C=C\C/C=C\C/C=C\C/C=C\C/C=C\C/C=C\C/C=C\CCCCCCCCC(=O)NC(COC1OC(CO)C(OC2OC(CO)C(OC3OC(CO)C(O)C(O)C3O)C(O)C2O)C(O)C1O)C(O)/C=C/CC/C=C/CCCCCCCCCCCCC. The molecule has 0 radical (unpaired) electrons. The van der Waals surface area contributed by atoms with E-state index in [1.165, 1.54) is 64.2 Å². The third kappa shape index (κ3) is 35.8. The zero-order chi connectivity index (χ0) is 67.5. The minimum absolute atomic E-state index is 0.210. The molecule has 3 aliphatic rings. The van der Waals surface area contributed by atoms with E-state index in [4.69, 9.17) is 28.4 Å². The van der Waals surface area contributed by atoms with E-state index < -0.39 is 124 Å². The topological polar surface area (TPSA) is 307 Å². The van der Waals surface area contributed by atoms with E-state index >= 15 is 0 Å². The predicted octanol–water partition coefficient (Wildman–Crippen LogP) is 9.60. The summed E-state index contributed by atoms with van der Waals surface area (Å²) in [5.41, 5.74) is 0. The van der Waals surface area contributed by atoms with Gasteiger partial charge in [0.15, 0.2) is 18.9 Å². The largest absolute Gasteiger partial charge is 0.394 e. The molecule has 3 rings (SSSR count). The molecule has 3 fully saturated rings. The lowest BCUT2D eigenvalue weighted by atomic mass is 9.96. The van der Waals surface area contributed by atoms with Crippen molar-refractivity contribution >= 4 is 5.91 Å². The summed E-state index contributed by atoms with van der Waals surface area (Å²) in [5, 5.41) is 120. The molecular formula is C74H123NO18. The third-order valence-electron chi connectivity index (χ3n) is 16.7. The average molecular weight is 1310 g/mol. The Morgan fingerprint density at radius 2 is 0.753 bits per heavy atom. The van der Waals surface area contributed by atoms with Gasteiger partial charge in [-0.25, -0.2) is 0 Å². The van der Waals surface area contributed by atoms with Gasteiger partial charge in [0.25, 0.3) is 0 Å². The number of nitrogens with one attached hydrogen (secondary N) is 1. The maximum atomic E-state index is 13.4. The Hall–Kier alpha value is -3.81. The summed E-state index contributed by atoms with van der Waals surface area (Å²) < 4.78 is 34.3.